The lowest BCUT2D eigenvalue weighted by molar-refractivity contribution is -0.137. The van der Waals surface area contributed by atoms with Gasteiger partial charge in [-0.15, -0.1) is 5.10 Å². The molecule has 6 nitrogen and oxygen atoms in total. The molecule has 0 saturated carbocycles. The second-order valence-corrected chi connectivity index (χ2v) is 4.21. The maximum atomic E-state index is 13.8. The number of halogens is 1. The topological polar surface area (TPSA) is 80.9 Å². The van der Waals surface area contributed by atoms with Crippen LogP contribution in [0.2, 0.25) is 0 Å². The number of carbonyl (C=O) groups is 1. The van der Waals surface area contributed by atoms with E-state index < -0.39 is 11.8 Å². The molecule has 0 amide bonds. The summed E-state index contributed by atoms with van der Waals surface area (Å²) in [6, 6.07) is 4.69. The normalized spacial score (nSPS) is 10.6. The lowest BCUT2D eigenvalue weighted by atomic mass is 10.1. The van der Waals surface area contributed by atoms with Gasteiger partial charge in [0.05, 0.1) is 5.56 Å². The van der Waals surface area contributed by atoms with Crippen molar-refractivity contribution in [3.8, 4) is 11.4 Å². The van der Waals surface area contributed by atoms with Crippen molar-refractivity contribution < 1.29 is 14.3 Å². The molecule has 1 aromatic heterocycles. The standard InChI is InChI=1S/C12H13FN4O2/c1-8-4-5-10(13)9(7-8)12-14-15-16-17(12)6-2-3-11(18)19/h4-5,7H,2-3,6H2,1H3,(H,18,19). The van der Waals surface area contributed by atoms with Crippen LogP contribution in [0.25, 0.3) is 11.4 Å². The highest BCUT2D eigenvalue weighted by Gasteiger charge is 2.13. The second kappa shape index (κ2) is 5.55. The van der Waals surface area contributed by atoms with E-state index in [1.807, 2.05) is 6.92 Å². The molecule has 0 spiro atoms. The van der Waals surface area contributed by atoms with Gasteiger partial charge in [0.25, 0.3) is 0 Å². The van der Waals surface area contributed by atoms with E-state index in [0.717, 1.165) is 5.56 Å². The Hall–Kier alpha value is -2.31. The maximum Gasteiger partial charge on any atom is 0.303 e. The van der Waals surface area contributed by atoms with E-state index in [4.69, 9.17) is 5.11 Å². The molecule has 0 atom stereocenters. The Morgan fingerprint density at radius 3 is 3.00 bits per heavy atom. The van der Waals surface area contributed by atoms with Crippen molar-refractivity contribution in [2.24, 2.45) is 0 Å². The highest BCUT2D eigenvalue weighted by Crippen LogP contribution is 2.21. The van der Waals surface area contributed by atoms with Crippen LogP contribution in [0.1, 0.15) is 18.4 Å². The van der Waals surface area contributed by atoms with Gasteiger partial charge in [0.2, 0.25) is 0 Å². The lowest BCUT2D eigenvalue weighted by Gasteiger charge is -2.05. The first-order chi connectivity index (χ1) is 9.08. The summed E-state index contributed by atoms with van der Waals surface area (Å²) in [6.45, 7) is 2.18. The van der Waals surface area contributed by atoms with Crippen LogP contribution in [-0.2, 0) is 11.3 Å². The maximum absolute atomic E-state index is 13.8. The third kappa shape index (κ3) is 3.12. The van der Waals surface area contributed by atoms with Crippen LogP contribution in [0.5, 0.6) is 0 Å². The SMILES string of the molecule is Cc1ccc(F)c(-c2nnnn2CCCC(=O)O)c1. The molecule has 0 aliphatic rings. The van der Waals surface area contributed by atoms with Gasteiger partial charge < -0.3 is 5.11 Å². The van der Waals surface area contributed by atoms with Crippen molar-refractivity contribution in [2.45, 2.75) is 26.3 Å². The second-order valence-electron chi connectivity index (χ2n) is 4.21. The number of tetrazole rings is 1. The van der Waals surface area contributed by atoms with E-state index in [9.17, 15) is 9.18 Å². The lowest BCUT2D eigenvalue weighted by Crippen LogP contribution is -2.06. The fraction of sp³-hybridized carbons (Fsp3) is 0.333. The predicted molar refractivity (Wildman–Crippen MR) is 64.8 cm³/mol. The first kappa shape index (κ1) is 13.1. The molecule has 2 aromatic rings. The van der Waals surface area contributed by atoms with E-state index in [1.165, 1.54) is 10.7 Å². The summed E-state index contributed by atoms with van der Waals surface area (Å²) in [5.41, 5.74) is 1.22. The van der Waals surface area contributed by atoms with E-state index in [-0.39, 0.29) is 6.42 Å². The molecule has 1 aromatic carbocycles. The Balaban J connectivity index is 2.23. The predicted octanol–water partition coefficient (Wildman–Crippen LogP) is 1.65. The summed E-state index contributed by atoms with van der Waals surface area (Å²) >= 11 is 0. The minimum Gasteiger partial charge on any atom is -0.481 e. The number of aryl methyl sites for hydroxylation is 2. The van der Waals surface area contributed by atoms with Gasteiger partial charge in [-0.1, -0.05) is 11.6 Å². The number of aromatic nitrogens is 4. The molecule has 7 heteroatoms. The van der Waals surface area contributed by atoms with Crippen LogP contribution in [0.3, 0.4) is 0 Å². The monoisotopic (exact) mass is 264 g/mol. The van der Waals surface area contributed by atoms with Gasteiger partial charge in [0.15, 0.2) is 5.82 Å². The van der Waals surface area contributed by atoms with Crippen LogP contribution >= 0.6 is 0 Å². The largest absolute Gasteiger partial charge is 0.481 e. The zero-order valence-electron chi connectivity index (χ0n) is 10.4. The fourth-order valence-corrected chi connectivity index (χ4v) is 1.74. The molecule has 19 heavy (non-hydrogen) atoms. The zero-order chi connectivity index (χ0) is 13.8. The van der Waals surface area contributed by atoms with Crippen LogP contribution in [0.4, 0.5) is 4.39 Å². The number of hydrogen-bond donors (Lipinski definition) is 1. The van der Waals surface area contributed by atoms with Gasteiger partial charge in [-0.2, -0.15) is 0 Å². The van der Waals surface area contributed by atoms with Crippen LogP contribution in [0.15, 0.2) is 18.2 Å². The number of benzene rings is 1. The third-order valence-corrected chi connectivity index (χ3v) is 2.66. The number of carboxylic acid groups (broad SMARTS) is 1. The molecule has 2 rings (SSSR count). The molecule has 100 valence electrons. The van der Waals surface area contributed by atoms with Gasteiger partial charge in [-0.25, -0.2) is 9.07 Å². The number of hydrogen-bond acceptors (Lipinski definition) is 4. The molecule has 1 N–H and O–H groups in total. The van der Waals surface area contributed by atoms with Crippen molar-refractivity contribution >= 4 is 5.97 Å². The quantitative estimate of drug-likeness (QED) is 0.888. The van der Waals surface area contributed by atoms with Crippen molar-refractivity contribution in [1.29, 1.82) is 0 Å². The third-order valence-electron chi connectivity index (χ3n) is 2.66. The smallest absolute Gasteiger partial charge is 0.303 e. The minimum absolute atomic E-state index is 0.0234. The number of nitrogens with zero attached hydrogens (tertiary/aromatic N) is 4. The highest BCUT2D eigenvalue weighted by molar-refractivity contribution is 5.66. The molecule has 0 aliphatic heterocycles. The molecule has 0 fully saturated rings. The minimum atomic E-state index is -0.878. The fourth-order valence-electron chi connectivity index (χ4n) is 1.74. The Kier molecular flexibility index (Phi) is 3.84. The summed E-state index contributed by atoms with van der Waals surface area (Å²) in [5.74, 6) is -0.970. The van der Waals surface area contributed by atoms with E-state index >= 15 is 0 Å². The highest BCUT2D eigenvalue weighted by atomic mass is 19.1. The molecule has 0 radical (unpaired) electrons. The molecular weight excluding hydrogens is 251 g/mol. The molecular formula is C12H13FN4O2. The number of carboxylic acids is 1. The van der Waals surface area contributed by atoms with Gasteiger partial charge >= 0.3 is 5.97 Å². The van der Waals surface area contributed by atoms with Gasteiger partial charge in [-0.05, 0) is 35.9 Å². The Bertz CT molecular complexity index is 597. The van der Waals surface area contributed by atoms with Gasteiger partial charge in [0, 0.05) is 13.0 Å². The summed E-state index contributed by atoms with van der Waals surface area (Å²) in [4.78, 5) is 10.5. The molecule has 0 saturated heterocycles. The average molecular weight is 264 g/mol. The summed E-state index contributed by atoms with van der Waals surface area (Å²) in [6.07, 6.45) is 0.413. The van der Waals surface area contributed by atoms with E-state index in [0.29, 0.717) is 24.4 Å². The van der Waals surface area contributed by atoms with E-state index in [1.54, 1.807) is 12.1 Å². The van der Waals surface area contributed by atoms with Crippen LogP contribution in [-0.4, -0.2) is 31.3 Å². The van der Waals surface area contributed by atoms with Crippen LogP contribution < -0.4 is 0 Å². The Labute approximate surface area is 108 Å². The van der Waals surface area contributed by atoms with Gasteiger partial charge in [-0.3, -0.25) is 4.79 Å². The first-order valence-corrected chi connectivity index (χ1v) is 5.82. The average Bonchev–Trinajstić information content (AvgIpc) is 2.80. The van der Waals surface area contributed by atoms with Gasteiger partial charge in [0.1, 0.15) is 5.82 Å². The number of rotatable bonds is 5. The Morgan fingerprint density at radius 2 is 2.26 bits per heavy atom. The van der Waals surface area contributed by atoms with Crippen LogP contribution in [0, 0.1) is 12.7 Å². The summed E-state index contributed by atoms with van der Waals surface area (Å²) in [7, 11) is 0. The number of aliphatic carboxylic acids is 1. The van der Waals surface area contributed by atoms with Crippen molar-refractivity contribution in [2.75, 3.05) is 0 Å². The molecule has 1 heterocycles. The molecule has 0 bridgehead atoms. The summed E-state index contributed by atoms with van der Waals surface area (Å²) < 4.78 is 15.2. The summed E-state index contributed by atoms with van der Waals surface area (Å²) in [5, 5.41) is 19.7. The van der Waals surface area contributed by atoms with Crippen molar-refractivity contribution in [1.82, 2.24) is 20.2 Å². The van der Waals surface area contributed by atoms with Crippen molar-refractivity contribution in [3.05, 3.63) is 29.6 Å². The Morgan fingerprint density at radius 1 is 1.47 bits per heavy atom. The zero-order valence-corrected chi connectivity index (χ0v) is 10.4. The molecule has 0 unspecified atom stereocenters. The van der Waals surface area contributed by atoms with E-state index in [2.05, 4.69) is 15.5 Å². The molecule has 0 aliphatic carbocycles. The van der Waals surface area contributed by atoms with Crippen molar-refractivity contribution in [3.63, 3.8) is 0 Å². The first-order valence-electron chi connectivity index (χ1n) is 5.82.